The van der Waals surface area contributed by atoms with Crippen molar-refractivity contribution >= 4 is 21.9 Å². The lowest BCUT2D eigenvalue weighted by Gasteiger charge is -2.23. The quantitative estimate of drug-likeness (QED) is 0.733. The van der Waals surface area contributed by atoms with E-state index in [2.05, 4.69) is 15.9 Å². The third-order valence-corrected chi connectivity index (χ3v) is 3.54. The number of benzene rings is 1. The monoisotopic (exact) mass is 360 g/mol. The number of phenols is 1. The van der Waals surface area contributed by atoms with E-state index in [1.54, 1.807) is 12.1 Å². The topological polar surface area (TPSA) is 73.2 Å². The van der Waals surface area contributed by atoms with Gasteiger partial charge >= 0.3 is 5.97 Å². The molecule has 0 aliphatic carbocycles. The number of hydrogen-bond acceptors (Lipinski definition) is 5. The molecule has 0 atom stereocenters. The first kappa shape index (κ1) is 17.7. The molecule has 0 spiro atoms. The van der Waals surface area contributed by atoms with Crippen LogP contribution >= 0.6 is 15.9 Å². The molecule has 1 aromatic rings. The molecule has 0 aliphatic rings. The minimum Gasteiger partial charge on any atom is -0.503 e. The largest absolute Gasteiger partial charge is 0.503 e. The molecule has 7 heteroatoms. The molecular weight excluding hydrogens is 340 g/mol. The van der Waals surface area contributed by atoms with Gasteiger partial charge < -0.3 is 19.8 Å². The van der Waals surface area contributed by atoms with Gasteiger partial charge in [0.05, 0.1) is 18.1 Å². The molecule has 0 saturated heterocycles. The summed E-state index contributed by atoms with van der Waals surface area (Å²) in [5.41, 5.74) is 0.872. The summed E-state index contributed by atoms with van der Waals surface area (Å²) in [6.07, 6.45) is 0. The summed E-state index contributed by atoms with van der Waals surface area (Å²) in [6.45, 7) is 1.84. The Morgan fingerprint density at radius 1 is 1.33 bits per heavy atom. The average Bonchev–Trinajstić information content (AvgIpc) is 2.39. The molecule has 0 amide bonds. The van der Waals surface area contributed by atoms with Gasteiger partial charge in [0.2, 0.25) is 0 Å². The first-order valence-electron chi connectivity index (χ1n) is 6.47. The number of aromatic hydroxyl groups is 1. The number of rotatable bonds is 8. The third kappa shape index (κ3) is 5.91. The zero-order chi connectivity index (χ0) is 16.0. The van der Waals surface area contributed by atoms with Crippen LogP contribution in [0.2, 0.25) is 0 Å². The average molecular weight is 361 g/mol. The van der Waals surface area contributed by atoms with Crippen LogP contribution in [0.15, 0.2) is 16.6 Å². The number of hydrogen-bond donors (Lipinski definition) is 2. The number of halogens is 1. The summed E-state index contributed by atoms with van der Waals surface area (Å²) < 4.78 is 5.63. The second-order valence-electron chi connectivity index (χ2n) is 5.04. The van der Waals surface area contributed by atoms with E-state index in [4.69, 9.17) is 9.84 Å². The molecule has 0 saturated carbocycles. The highest BCUT2D eigenvalue weighted by molar-refractivity contribution is 9.10. The first-order chi connectivity index (χ1) is 9.83. The minimum atomic E-state index is -0.862. The highest BCUT2D eigenvalue weighted by atomic mass is 79.9. The maximum atomic E-state index is 11.0. The number of carboxylic acids is 1. The van der Waals surface area contributed by atoms with Crippen LogP contribution in [0.3, 0.4) is 0 Å². The SMILES string of the molecule is COc1cc(CN(CCN(C)C)CC(=O)O)cc(Br)c1O. The Morgan fingerprint density at radius 3 is 2.52 bits per heavy atom. The fraction of sp³-hybridized carbons (Fsp3) is 0.500. The number of phenolic OH excluding ortho intramolecular Hbond substituents is 1. The van der Waals surface area contributed by atoms with Crippen molar-refractivity contribution in [1.29, 1.82) is 0 Å². The highest BCUT2D eigenvalue weighted by Gasteiger charge is 2.14. The predicted octanol–water partition coefficient (Wildman–Crippen LogP) is 1.61. The molecule has 21 heavy (non-hydrogen) atoms. The number of likely N-dealkylation sites (N-methyl/N-ethyl adjacent to an activating group) is 1. The Balaban J connectivity index is 2.86. The van der Waals surface area contributed by atoms with Crippen LogP contribution < -0.4 is 4.74 Å². The Bertz CT molecular complexity index is 494. The van der Waals surface area contributed by atoms with Crippen LogP contribution in [0, 0.1) is 0 Å². The molecule has 0 bridgehead atoms. The first-order valence-corrected chi connectivity index (χ1v) is 7.27. The van der Waals surface area contributed by atoms with Gasteiger partial charge in [0, 0.05) is 19.6 Å². The normalized spacial score (nSPS) is 11.1. The Labute approximate surface area is 133 Å². The lowest BCUT2D eigenvalue weighted by atomic mass is 10.2. The van der Waals surface area contributed by atoms with E-state index >= 15 is 0 Å². The van der Waals surface area contributed by atoms with Gasteiger partial charge in [-0.1, -0.05) is 0 Å². The van der Waals surface area contributed by atoms with Crippen molar-refractivity contribution in [3.05, 3.63) is 22.2 Å². The second-order valence-corrected chi connectivity index (χ2v) is 5.89. The second kappa shape index (κ2) is 8.21. The summed E-state index contributed by atoms with van der Waals surface area (Å²) in [4.78, 5) is 14.8. The summed E-state index contributed by atoms with van der Waals surface area (Å²) >= 11 is 3.27. The minimum absolute atomic E-state index is 0.0331. The maximum Gasteiger partial charge on any atom is 0.317 e. The molecule has 0 aliphatic heterocycles. The molecule has 118 valence electrons. The molecule has 0 fully saturated rings. The molecule has 0 aromatic heterocycles. The Kier molecular flexibility index (Phi) is 6.94. The molecule has 0 unspecified atom stereocenters. The number of nitrogens with zero attached hydrogens (tertiary/aromatic N) is 2. The van der Waals surface area contributed by atoms with Crippen LogP contribution in [0.1, 0.15) is 5.56 Å². The van der Waals surface area contributed by atoms with Gasteiger partial charge in [-0.25, -0.2) is 0 Å². The van der Waals surface area contributed by atoms with Crippen molar-refractivity contribution in [3.63, 3.8) is 0 Å². The van der Waals surface area contributed by atoms with Gasteiger partial charge in [-0.05, 0) is 47.7 Å². The van der Waals surface area contributed by atoms with Crippen LogP contribution in [-0.2, 0) is 11.3 Å². The molecule has 0 heterocycles. The third-order valence-electron chi connectivity index (χ3n) is 2.94. The van der Waals surface area contributed by atoms with Gasteiger partial charge in [0.15, 0.2) is 11.5 Å². The van der Waals surface area contributed by atoms with Crippen molar-refractivity contribution < 1.29 is 19.7 Å². The molecular formula is C14H21BrN2O4. The molecule has 0 radical (unpaired) electrons. The van der Waals surface area contributed by atoms with Crippen LogP contribution in [0.4, 0.5) is 0 Å². The van der Waals surface area contributed by atoms with Gasteiger partial charge in [-0.15, -0.1) is 0 Å². The van der Waals surface area contributed by atoms with Crippen LogP contribution in [-0.4, -0.2) is 66.8 Å². The van der Waals surface area contributed by atoms with Gasteiger partial charge in [0.25, 0.3) is 0 Å². The van der Waals surface area contributed by atoms with Gasteiger partial charge in [-0.3, -0.25) is 9.69 Å². The number of aliphatic carboxylic acids is 1. The number of methoxy groups -OCH3 is 1. The predicted molar refractivity (Wildman–Crippen MR) is 83.8 cm³/mol. The summed E-state index contributed by atoms with van der Waals surface area (Å²) in [5, 5.41) is 18.8. The van der Waals surface area contributed by atoms with Gasteiger partial charge in [0.1, 0.15) is 0 Å². The summed E-state index contributed by atoms with van der Waals surface area (Å²) in [5.74, 6) is -0.458. The zero-order valence-corrected chi connectivity index (χ0v) is 14.1. The molecule has 1 rings (SSSR count). The van der Waals surface area contributed by atoms with Crippen LogP contribution in [0.25, 0.3) is 0 Å². The molecule has 1 aromatic carbocycles. The van der Waals surface area contributed by atoms with E-state index in [-0.39, 0.29) is 12.3 Å². The van der Waals surface area contributed by atoms with Crippen LogP contribution in [0.5, 0.6) is 11.5 Å². The van der Waals surface area contributed by atoms with Gasteiger partial charge in [-0.2, -0.15) is 0 Å². The lowest BCUT2D eigenvalue weighted by Crippen LogP contribution is -2.35. The van der Waals surface area contributed by atoms with Crippen molar-refractivity contribution in [2.75, 3.05) is 40.8 Å². The Morgan fingerprint density at radius 2 is 2.00 bits per heavy atom. The van der Waals surface area contributed by atoms with Crippen molar-refractivity contribution in [2.45, 2.75) is 6.54 Å². The fourth-order valence-electron chi connectivity index (χ4n) is 1.88. The van der Waals surface area contributed by atoms with Crippen molar-refractivity contribution in [2.24, 2.45) is 0 Å². The summed E-state index contributed by atoms with van der Waals surface area (Å²) in [6, 6.07) is 3.48. The highest BCUT2D eigenvalue weighted by Crippen LogP contribution is 2.35. The van der Waals surface area contributed by atoms with E-state index < -0.39 is 5.97 Å². The maximum absolute atomic E-state index is 11.0. The fourth-order valence-corrected chi connectivity index (χ4v) is 2.37. The zero-order valence-electron chi connectivity index (χ0n) is 12.5. The van der Waals surface area contributed by atoms with E-state index in [0.29, 0.717) is 23.3 Å². The van der Waals surface area contributed by atoms with Crippen molar-refractivity contribution in [1.82, 2.24) is 9.80 Å². The molecule has 6 nitrogen and oxygen atoms in total. The Hall–Kier alpha value is -1.31. The standard InChI is InChI=1S/C14H21BrN2O4/c1-16(2)4-5-17(9-13(18)19)8-10-6-11(15)14(20)12(7-10)21-3/h6-7,20H,4-5,8-9H2,1-3H3,(H,18,19). The van der Waals surface area contributed by atoms with E-state index in [1.807, 2.05) is 23.9 Å². The van der Waals surface area contributed by atoms with E-state index in [0.717, 1.165) is 12.1 Å². The number of carboxylic acid groups (broad SMARTS) is 1. The lowest BCUT2D eigenvalue weighted by molar-refractivity contribution is -0.138. The smallest absolute Gasteiger partial charge is 0.317 e. The van der Waals surface area contributed by atoms with E-state index in [9.17, 15) is 9.90 Å². The summed E-state index contributed by atoms with van der Waals surface area (Å²) in [7, 11) is 5.37. The van der Waals surface area contributed by atoms with E-state index in [1.165, 1.54) is 7.11 Å². The number of carbonyl (C=O) groups is 1. The van der Waals surface area contributed by atoms with Crippen molar-refractivity contribution in [3.8, 4) is 11.5 Å². The number of ether oxygens (including phenoxy) is 1. The molecule has 2 N–H and O–H groups in total.